The van der Waals surface area contributed by atoms with Crippen LogP contribution in [0.5, 0.6) is 0 Å². The molecule has 0 radical (unpaired) electrons. The molecule has 0 aliphatic heterocycles. The van der Waals surface area contributed by atoms with Crippen LogP contribution in [-0.4, -0.2) is 6.54 Å². The van der Waals surface area contributed by atoms with Crippen LogP contribution >= 0.6 is 0 Å². The molecule has 0 heterocycles. The maximum absolute atomic E-state index is 3.49. The zero-order valence-corrected chi connectivity index (χ0v) is 9.87. The van der Waals surface area contributed by atoms with Gasteiger partial charge in [0.15, 0.2) is 0 Å². The fourth-order valence-corrected chi connectivity index (χ4v) is 4.22. The third kappa shape index (κ3) is 8.58. The summed E-state index contributed by atoms with van der Waals surface area (Å²) in [4.78, 5) is 0. The Bertz CT molecular complexity index is 54.9. The molecule has 0 amide bonds. The molecule has 52 valence electrons. The van der Waals surface area contributed by atoms with E-state index in [-0.39, 0.29) is 17.4 Å². The summed E-state index contributed by atoms with van der Waals surface area (Å²) >= 11 is -0.256. The fourth-order valence-electron chi connectivity index (χ4n) is 0.812. The molecule has 0 aromatic rings. The number of hydrogen-bond donors (Lipinski definition) is 1. The van der Waals surface area contributed by atoms with Gasteiger partial charge >= 0.3 is 66.1 Å². The third-order valence-electron chi connectivity index (χ3n) is 1.39. The van der Waals surface area contributed by atoms with Crippen LogP contribution in [0.15, 0.2) is 0 Å². The molecule has 0 bridgehead atoms. The summed E-state index contributed by atoms with van der Waals surface area (Å²) in [5, 5.41) is 1.51. The molecular weight excluding hydrogens is 163 g/mol. The molecule has 0 saturated heterocycles. The summed E-state index contributed by atoms with van der Waals surface area (Å²) in [6.07, 6.45) is 1.44. The van der Waals surface area contributed by atoms with Crippen molar-refractivity contribution < 1.29 is 17.4 Å². The van der Waals surface area contributed by atoms with E-state index >= 15 is 0 Å². The average Bonchev–Trinajstić information content (AvgIpc) is 1.80. The van der Waals surface area contributed by atoms with Gasteiger partial charge in [0, 0.05) is 0 Å². The van der Waals surface area contributed by atoms with Crippen LogP contribution in [0.1, 0.15) is 27.2 Å². The first kappa shape index (κ1) is 9.58. The van der Waals surface area contributed by atoms with Crippen LogP contribution in [0.4, 0.5) is 0 Å². The first-order valence-corrected chi connectivity index (χ1v) is 7.56. The first-order valence-electron chi connectivity index (χ1n) is 3.98. The van der Waals surface area contributed by atoms with Gasteiger partial charge in [-0.25, -0.2) is 0 Å². The molecule has 0 saturated carbocycles. The zero-order valence-electron chi connectivity index (χ0n) is 6.91. The number of hydrogen-bond acceptors (Lipinski definition) is 1. The van der Waals surface area contributed by atoms with Gasteiger partial charge in [0.25, 0.3) is 0 Å². The van der Waals surface area contributed by atoms with Gasteiger partial charge in [-0.3, -0.25) is 0 Å². The first-order chi connectivity index (χ1) is 4.27. The monoisotopic (exact) mass is 179 g/mol. The van der Waals surface area contributed by atoms with Crippen molar-refractivity contribution in [3.05, 3.63) is 0 Å². The quantitative estimate of drug-likeness (QED) is 0.505. The van der Waals surface area contributed by atoms with E-state index in [4.69, 9.17) is 0 Å². The van der Waals surface area contributed by atoms with Crippen molar-refractivity contribution in [3.63, 3.8) is 0 Å². The molecule has 0 unspecified atom stereocenters. The van der Waals surface area contributed by atoms with Crippen molar-refractivity contribution in [3.8, 4) is 0 Å². The summed E-state index contributed by atoms with van der Waals surface area (Å²) < 4.78 is 3.49. The second-order valence-corrected chi connectivity index (χ2v) is 6.47. The van der Waals surface area contributed by atoms with Crippen LogP contribution in [0.3, 0.4) is 0 Å². The minimum atomic E-state index is -0.256. The summed E-state index contributed by atoms with van der Waals surface area (Å²) in [6, 6.07) is 0. The van der Waals surface area contributed by atoms with Gasteiger partial charge in [-0.2, -0.15) is 0 Å². The second kappa shape index (κ2) is 6.70. The Morgan fingerprint density at radius 3 is 2.56 bits per heavy atom. The van der Waals surface area contributed by atoms with E-state index in [1.165, 1.54) is 18.0 Å². The Balaban J connectivity index is 2.75. The van der Waals surface area contributed by atoms with Crippen molar-refractivity contribution in [2.45, 2.75) is 32.2 Å². The summed E-state index contributed by atoms with van der Waals surface area (Å²) in [5.74, 6) is 0.911. The van der Waals surface area contributed by atoms with Gasteiger partial charge in [-0.15, -0.1) is 0 Å². The van der Waals surface area contributed by atoms with E-state index in [1.54, 1.807) is 0 Å². The molecular formula is C7H17NZn. The Kier molecular flexibility index (Phi) is 7.13. The average molecular weight is 181 g/mol. The van der Waals surface area contributed by atoms with Gasteiger partial charge in [0.1, 0.15) is 0 Å². The normalized spacial score (nSPS) is 9.78. The van der Waals surface area contributed by atoms with Crippen LogP contribution in [0.2, 0.25) is 5.02 Å². The number of nitrogens with one attached hydrogen (secondary N) is 1. The van der Waals surface area contributed by atoms with Gasteiger partial charge in [-0.05, 0) is 0 Å². The molecule has 9 heavy (non-hydrogen) atoms. The topological polar surface area (TPSA) is 12.0 Å². The standard InChI is InChI=1S/C5H11.C2H6N.Zn/c1-4-5(2)3;1-2-3;/h5H,1,4H2,2-3H3;3H,2H2,1H3;/q;-1;+1. The van der Waals surface area contributed by atoms with Crippen LogP contribution < -0.4 is 4.06 Å². The fraction of sp³-hybridized carbons (Fsp3) is 1.00. The van der Waals surface area contributed by atoms with E-state index in [0.717, 1.165) is 5.92 Å². The molecule has 1 nitrogen and oxygen atoms in total. The summed E-state index contributed by atoms with van der Waals surface area (Å²) in [6.45, 7) is 7.99. The van der Waals surface area contributed by atoms with Gasteiger partial charge in [-0.1, -0.05) is 0 Å². The molecule has 0 fully saturated rings. The molecule has 0 rings (SSSR count). The Morgan fingerprint density at radius 2 is 2.11 bits per heavy atom. The summed E-state index contributed by atoms with van der Waals surface area (Å²) in [5.41, 5.74) is 0. The van der Waals surface area contributed by atoms with Crippen molar-refractivity contribution in [2.24, 2.45) is 5.92 Å². The van der Waals surface area contributed by atoms with Crippen molar-refractivity contribution in [1.82, 2.24) is 4.06 Å². The second-order valence-electron chi connectivity index (χ2n) is 2.89. The Hall–Kier alpha value is 0.583. The molecule has 1 N–H and O–H groups in total. The predicted octanol–water partition coefficient (Wildman–Crippen LogP) is 2.06. The number of rotatable bonds is 5. The summed E-state index contributed by atoms with van der Waals surface area (Å²) in [7, 11) is 0. The molecule has 2 heteroatoms. The third-order valence-corrected chi connectivity index (χ3v) is 4.77. The maximum atomic E-state index is 3.49. The van der Waals surface area contributed by atoms with E-state index in [2.05, 4.69) is 24.8 Å². The van der Waals surface area contributed by atoms with Crippen LogP contribution in [0, 0.1) is 5.92 Å². The Labute approximate surface area is 66.5 Å². The Morgan fingerprint density at radius 1 is 1.44 bits per heavy atom. The van der Waals surface area contributed by atoms with E-state index in [9.17, 15) is 0 Å². The van der Waals surface area contributed by atoms with Gasteiger partial charge in [0.2, 0.25) is 0 Å². The van der Waals surface area contributed by atoms with Gasteiger partial charge < -0.3 is 0 Å². The van der Waals surface area contributed by atoms with E-state index in [0.29, 0.717) is 0 Å². The van der Waals surface area contributed by atoms with Crippen molar-refractivity contribution >= 4 is 0 Å². The molecule has 0 aliphatic carbocycles. The zero-order chi connectivity index (χ0) is 7.11. The van der Waals surface area contributed by atoms with E-state index in [1.807, 2.05) is 0 Å². The molecule has 0 aromatic heterocycles. The molecule has 0 spiro atoms. The minimum absolute atomic E-state index is 0.256. The predicted molar refractivity (Wildman–Crippen MR) is 37.9 cm³/mol. The van der Waals surface area contributed by atoms with E-state index < -0.39 is 0 Å². The molecule has 0 atom stereocenters. The van der Waals surface area contributed by atoms with Crippen LogP contribution in [-0.2, 0) is 17.4 Å². The molecule has 0 aliphatic rings. The molecule has 0 aromatic carbocycles. The van der Waals surface area contributed by atoms with Crippen LogP contribution in [0.25, 0.3) is 0 Å². The van der Waals surface area contributed by atoms with Gasteiger partial charge in [0.05, 0.1) is 0 Å². The SMILES string of the molecule is CC[NH][Zn][CH2]CC(C)C. The van der Waals surface area contributed by atoms with Crippen molar-refractivity contribution in [1.29, 1.82) is 0 Å². The van der Waals surface area contributed by atoms with Crippen molar-refractivity contribution in [2.75, 3.05) is 6.54 Å².